The van der Waals surface area contributed by atoms with E-state index in [9.17, 15) is 0 Å². The molecule has 1 aromatic carbocycles. The second kappa shape index (κ2) is 3.90. The molecule has 0 fully saturated rings. The molecule has 0 radical (unpaired) electrons. The molecule has 0 aliphatic carbocycles. The number of aryl methyl sites for hydroxylation is 1. The predicted octanol–water partition coefficient (Wildman–Crippen LogP) is 2.37. The fourth-order valence-corrected chi connectivity index (χ4v) is 1.06. The number of oxime groups is 1. The Morgan fingerprint density at radius 3 is 2.75 bits per heavy atom. The zero-order chi connectivity index (χ0) is 8.97. The molecular weight excluding hydrogens is 150 g/mol. The average Bonchev–Trinajstić information content (AvgIpc) is 2.05. The lowest BCUT2D eigenvalue weighted by Crippen LogP contribution is -1.95. The average molecular weight is 163 g/mol. The zero-order valence-corrected chi connectivity index (χ0v) is 7.66. The molecule has 0 aliphatic rings. The van der Waals surface area contributed by atoms with Crippen LogP contribution in [0.25, 0.3) is 0 Å². The van der Waals surface area contributed by atoms with Gasteiger partial charge in [0, 0.05) is 0 Å². The van der Waals surface area contributed by atoms with Crippen molar-refractivity contribution in [3.8, 4) is 0 Å². The van der Waals surface area contributed by atoms with Crippen molar-refractivity contribution >= 4 is 5.71 Å². The van der Waals surface area contributed by atoms with Crippen LogP contribution in [0.3, 0.4) is 0 Å². The smallest absolute Gasteiger partial charge is 0.106 e. The molecule has 0 bridgehead atoms. The summed E-state index contributed by atoms with van der Waals surface area (Å²) in [6, 6.07) is 8.17. The van der Waals surface area contributed by atoms with Gasteiger partial charge in [-0.25, -0.2) is 0 Å². The van der Waals surface area contributed by atoms with E-state index in [2.05, 4.69) is 29.0 Å². The minimum Gasteiger partial charge on any atom is -0.399 e. The third-order valence-corrected chi connectivity index (χ3v) is 1.66. The Labute approximate surface area is 72.9 Å². The molecule has 0 N–H and O–H groups in total. The van der Waals surface area contributed by atoms with E-state index in [0.717, 1.165) is 11.3 Å². The fourth-order valence-electron chi connectivity index (χ4n) is 1.06. The minimum absolute atomic E-state index is 0.904. The Morgan fingerprint density at radius 1 is 1.42 bits per heavy atom. The number of hydrogen-bond donors (Lipinski definition) is 0. The van der Waals surface area contributed by atoms with Gasteiger partial charge in [-0.2, -0.15) is 0 Å². The molecule has 0 spiro atoms. The van der Waals surface area contributed by atoms with Gasteiger partial charge >= 0.3 is 0 Å². The van der Waals surface area contributed by atoms with Gasteiger partial charge in [0.25, 0.3) is 0 Å². The van der Waals surface area contributed by atoms with Crippen LogP contribution < -0.4 is 0 Å². The number of hydrogen-bond acceptors (Lipinski definition) is 2. The van der Waals surface area contributed by atoms with Gasteiger partial charge in [0.05, 0.1) is 5.71 Å². The van der Waals surface area contributed by atoms with Crippen LogP contribution in [-0.2, 0) is 4.84 Å². The van der Waals surface area contributed by atoms with Crippen molar-refractivity contribution in [3.05, 3.63) is 35.4 Å². The van der Waals surface area contributed by atoms with E-state index in [-0.39, 0.29) is 0 Å². The van der Waals surface area contributed by atoms with E-state index in [1.165, 1.54) is 5.56 Å². The summed E-state index contributed by atoms with van der Waals surface area (Å²) in [5.74, 6) is 0. The van der Waals surface area contributed by atoms with Gasteiger partial charge in [-0.3, -0.25) is 0 Å². The Morgan fingerprint density at radius 2 is 2.17 bits per heavy atom. The molecule has 2 nitrogen and oxygen atoms in total. The van der Waals surface area contributed by atoms with Crippen LogP contribution in [0.1, 0.15) is 18.1 Å². The monoisotopic (exact) mass is 163 g/mol. The van der Waals surface area contributed by atoms with Crippen molar-refractivity contribution in [2.75, 3.05) is 7.11 Å². The zero-order valence-electron chi connectivity index (χ0n) is 7.66. The molecule has 12 heavy (non-hydrogen) atoms. The molecule has 0 saturated heterocycles. The van der Waals surface area contributed by atoms with Crippen molar-refractivity contribution < 1.29 is 4.84 Å². The van der Waals surface area contributed by atoms with Crippen molar-refractivity contribution in [1.82, 2.24) is 0 Å². The first-order valence-corrected chi connectivity index (χ1v) is 3.89. The van der Waals surface area contributed by atoms with E-state index in [4.69, 9.17) is 0 Å². The second-order valence-electron chi connectivity index (χ2n) is 2.73. The maximum atomic E-state index is 4.69. The van der Waals surface area contributed by atoms with Gasteiger partial charge in [0.2, 0.25) is 0 Å². The molecule has 0 aliphatic heterocycles. The summed E-state index contributed by atoms with van der Waals surface area (Å²) in [6.07, 6.45) is 0. The molecule has 0 heterocycles. The molecule has 1 rings (SSSR count). The highest BCUT2D eigenvalue weighted by Gasteiger charge is 1.96. The maximum Gasteiger partial charge on any atom is 0.106 e. The molecule has 0 saturated carbocycles. The third kappa shape index (κ3) is 2.09. The molecular formula is C10H13NO. The summed E-state index contributed by atoms with van der Waals surface area (Å²) in [4.78, 5) is 4.69. The number of rotatable bonds is 2. The Bertz CT molecular complexity index is 292. The molecule has 0 unspecified atom stereocenters. The second-order valence-corrected chi connectivity index (χ2v) is 2.73. The van der Waals surface area contributed by atoms with Crippen molar-refractivity contribution in [3.63, 3.8) is 0 Å². The van der Waals surface area contributed by atoms with Gasteiger partial charge < -0.3 is 4.84 Å². The van der Waals surface area contributed by atoms with Crippen molar-refractivity contribution in [2.45, 2.75) is 13.8 Å². The summed E-state index contributed by atoms with van der Waals surface area (Å²) in [7, 11) is 1.55. The Balaban J connectivity index is 2.95. The first-order valence-electron chi connectivity index (χ1n) is 3.89. The lowest BCUT2D eigenvalue weighted by molar-refractivity contribution is 0.213. The molecule has 0 aromatic heterocycles. The first-order chi connectivity index (χ1) is 5.74. The van der Waals surface area contributed by atoms with Crippen LogP contribution in [0.5, 0.6) is 0 Å². The summed E-state index contributed by atoms with van der Waals surface area (Å²) in [5, 5.41) is 3.85. The van der Waals surface area contributed by atoms with Crippen LogP contribution in [0.2, 0.25) is 0 Å². The van der Waals surface area contributed by atoms with E-state index in [0.29, 0.717) is 0 Å². The van der Waals surface area contributed by atoms with E-state index >= 15 is 0 Å². The quantitative estimate of drug-likeness (QED) is 0.484. The van der Waals surface area contributed by atoms with Crippen molar-refractivity contribution in [2.24, 2.45) is 5.16 Å². The Hall–Kier alpha value is -1.31. The summed E-state index contributed by atoms with van der Waals surface area (Å²) in [6.45, 7) is 3.99. The highest BCUT2D eigenvalue weighted by molar-refractivity contribution is 5.98. The largest absolute Gasteiger partial charge is 0.399 e. The van der Waals surface area contributed by atoms with E-state index in [1.54, 1.807) is 7.11 Å². The highest BCUT2D eigenvalue weighted by Crippen LogP contribution is 2.05. The van der Waals surface area contributed by atoms with Crippen LogP contribution in [-0.4, -0.2) is 12.8 Å². The number of nitrogens with zero attached hydrogens (tertiary/aromatic N) is 1. The Kier molecular flexibility index (Phi) is 2.86. The predicted molar refractivity (Wildman–Crippen MR) is 50.4 cm³/mol. The first kappa shape index (κ1) is 8.78. The lowest BCUT2D eigenvalue weighted by atomic mass is 10.1. The summed E-state index contributed by atoms with van der Waals surface area (Å²) < 4.78 is 0. The minimum atomic E-state index is 0.904. The van der Waals surface area contributed by atoms with E-state index in [1.807, 2.05) is 19.1 Å². The van der Waals surface area contributed by atoms with E-state index < -0.39 is 0 Å². The van der Waals surface area contributed by atoms with Gasteiger partial charge in [0.1, 0.15) is 7.11 Å². The van der Waals surface area contributed by atoms with Crippen LogP contribution in [0.15, 0.2) is 29.4 Å². The van der Waals surface area contributed by atoms with Gasteiger partial charge in [-0.1, -0.05) is 35.0 Å². The summed E-state index contributed by atoms with van der Waals surface area (Å²) in [5.41, 5.74) is 3.25. The topological polar surface area (TPSA) is 21.6 Å². The molecule has 0 atom stereocenters. The fraction of sp³-hybridized carbons (Fsp3) is 0.300. The third-order valence-electron chi connectivity index (χ3n) is 1.66. The van der Waals surface area contributed by atoms with Crippen LogP contribution >= 0.6 is 0 Å². The van der Waals surface area contributed by atoms with Gasteiger partial charge in [0.15, 0.2) is 0 Å². The van der Waals surface area contributed by atoms with Gasteiger partial charge in [-0.05, 0) is 19.4 Å². The maximum absolute atomic E-state index is 4.69. The number of benzene rings is 1. The van der Waals surface area contributed by atoms with Crippen molar-refractivity contribution in [1.29, 1.82) is 0 Å². The SMILES string of the molecule is CO/N=C(/C)c1cccc(C)c1. The molecule has 64 valence electrons. The molecule has 0 amide bonds. The molecule has 1 aromatic rings. The normalized spacial score (nSPS) is 11.4. The summed E-state index contributed by atoms with van der Waals surface area (Å²) >= 11 is 0. The van der Waals surface area contributed by atoms with Crippen LogP contribution in [0.4, 0.5) is 0 Å². The molecule has 2 heteroatoms. The highest BCUT2D eigenvalue weighted by atomic mass is 16.6. The van der Waals surface area contributed by atoms with Crippen LogP contribution in [0, 0.1) is 6.92 Å². The standard InChI is InChI=1S/C10H13NO/c1-8-5-4-6-10(7-8)9(2)11-12-3/h4-7H,1-3H3/b11-9-. The lowest BCUT2D eigenvalue weighted by Gasteiger charge is -2.00. The van der Waals surface area contributed by atoms with Gasteiger partial charge in [-0.15, -0.1) is 0 Å².